The van der Waals surface area contributed by atoms with Gasteiger partial charge in [0.25, 0.3) is 0 Å². The summed E-state index contributed by atoms with van der Waals surface area (Å²) in [6.07, 6.45) is 5.49. The van der Waals surface area contributed by atoms with E-state index in [0.29, 0.717) is 6.54 Å². The van der Waals surface area contributed by atoms with Gasteiger partial charge in [-0.1, -0.05) is 0 Å². The molecule has 0 rings (SSSR count). The van der Waals surface area contributed by atoms with Crippen LogP contribution < -0.4 is 5.32 Å². The molecule has 16 heavy (non-hydrogen) atoms. The summed E-state index contributed by atoms with van der Waals surface area (Å²) in [5.41, 5.74) is 0. The van der Waals surface area contributed by atoms with Crippen molar-refractivity contribution in [2.45, 2.75) is 61.6 Å². The molecular weight excluding hydrogens is 265 g/mol. The van der Waals surface area contributed by atoms with E-state index in [1.807, 2.05) is 0 Å². The molecule has 0 fully saturated rings. The van der Waals surface area contributed by atoms with Crippen LogP contribution in [0.2, 0.25) is 15.6 Å². The maximum atomic E-state index is 10.3. The summed E-state index contributed by atoms with van der Waals surface area (Å²) < 4.78 is 0. The monoisotopic (exact) mass is 291 g/mol. The SMILES string of the molecule is CCCC[As](CCCC)CCCNC(=O)O. The van der Waals surface area contributed by atoms with Crippen LogP contribution in [0.1, 0.15) is 46.0 Å². The van der Waals surface area contributed by atoms with Gasteiger partial charge in [-0.25, -0.2) is 0 Å². The Morgan fingerprint density at radius 3 is 2.00 bits per heavy atom. The average Bonchev–Trinajstić information content (AvgIpc) is 2.26. The van der Waals surface area contributed by atoms with Gasteiger partial charge in [-0.3, -0.25) is 0 Å². The van der Waals surface area contributed by atoms with Crippen molar-refractivity contribution in [2.24, 2.45) is 0 Å². The quantitative estimate of drug-likeness (QED) is 0.476. The zero-order valence-corrected chi connectivity index (χ0v) is 12.5. The number of hydrogen-bond acceptors (Lipinski definition) is 1. The molecule has 0 saturated heterocycles. The van der Waals surface area contributed by atoms with Crippen LogP contribution in [0.3, 0.4) is 0 Å². The second-order valence-corrected chi connectivity index (χ2v) is 9.76. The van der Waals surface area contributed by atoms with Crippen molar-refractivity contribution >= 4 is 20.7 Å². The molecule has 0 aliphatic heterocycles. The van der Waals surface area contributed by atoms with Gasteiger partial charge < -0.3 is 0 Å². The van der Waals surface area contributed by atoms with Crippen LogP contribution >= 0.6 is 0 Å². The van der Waals surface area contributed by atoms with Crippen LogP contribution in [0.25, 0.3) is 0 Å². The Morgan fingerprint density at radius 1 is 1.06 bits per heavy atom. The third kappa shape index (κ3) is 10.3. The number of rotatable bonds is 10. The van der Waals surface area contributed by atoms with Crippen LogP contribution in [0.5, 0.6) is 0 Å². The first-order valence-electron chi connectivity index (χ1n) is 6.39. The molecule has 96 valence electrons. The fourth-order valence-electron chi connectivity index (χ4n) is 1.60. The Kier molecular flexibility index (Phi) is 11.2. The summed E-state index contributed by atoms with van der Waals surface area (Å²) in [6, 6.07) is 0. The molecular formula is C12H26AsNO2. The predicted octanol–water partition coefficient (Wildman–Crippen LogP) is 3.74. The van der Waals surface area contributed by atoms with Gasteiger partial charge in [0.15, 0.2) is 0 Å². The van der Waals surface area contributed by atoms with Gasteiger partial charge >= 0.3 is 104 Å². The molecule has 1 amide bonds. The van der Waals surface area contributed by atoms with Crippen molar-refractivity contribution in [2.75, 3.05) is 6.54 Å². The Bertz CT molecular complexity index is 168. The zero-order chi connectivity index (χ0) is 12.2. The number of nitrogens with one attached hydrogen (secondary N) is 1. The summed E-state index contributed by atoms with van der Waals surface area (Å²) in [5.74, 6) is 0. The molecule has 0 radical (unpaired) electrons. The number of carbonyl (C=O) groups is 1. The van der Waals surface area contributed by atoms with Gasteiger partial charge in [0, 0.05) is 0 Å². The van der Waals surface area contributed by atoms with Gasteiger partial charge in [0.1, 0.15) is 0 Å². The summed E-state index contributed by atoms with van der Waals surface area (Å²) in [5, 5.41) is 15.1. The van der Waals surface area contributed by atoms with Gasteiger partial charge in [-0.2, -0.15) is 0 Å². The van der Waals surface area contributed by atoms with E-state index < -0.39 is 20.7 Å². The van der Waals surface area contributed by atoms with Gasteiger partial charge in [-0.05, 0) is 0 Å². The Hall–Kier alpha value is -0.172. The summed E-state index contributed by atoms with van der Waals surface area (Å²) in [4.78, 5) is 10.3. The molecule has 0 aromatic rings. The van der Waals surface area contributed by atoms with Crippen molar-refractivity contribution in [1.82, 2.24) is 5.32 Å². The molecule has 3 nitrogen and oxygen atoms in total. The molecule has 0 saturated carbocycles. The molecule has 2 N–H and O–H groups in total. The molecule has 0 unspecified atom stereocenters. The van der Waals surface area contributed by atoms with Crippen molar-refractivity contribution in [3.05, 3.63) is 0 Å². The van der Waals surface area contributed by atoms with E-state index in [2.05, 4.69) is 19.2 Å². The van der Waals surface area contributed by atoms with Gasteiger partial charge in [-0.15, -0.1) is 0 Å². The Balaban J connectivity index is 3.59. The molecule has 0 bridgehead atoms. The van der Waals surface area contributed by atoms with Crippen LogP contribution in [-0.4, -0.2) is 32.4 Å². The molecule has 0 aromatic carbocycles. The first-order chi connectivity index (χ1) is 7.70. The third-order valence-electron chi connectivity index (χ3n) is 2.58. The van der Waals surface area contributed by atoms with E-state index in [4.69, 9.17) is 5.11 Å². The topological polar surface area (TPSA) is 49.3 Å². The van der Waals surface area contributed by atoms with Gasteiger partial charge in [0.2, 0.25) is 0 Å². The fourth-order valence-corrected chi connectivity index (χ4v) is 7.48. The standard InChI is InChI=1S/C12H26AsNO2/c1-3-5-8-13(9-6-4-2)10-7-11-14-12(15)16/h14H,3-11H2,1-2H3,(H,15,16). The maximum absolute atomic E-state index is 10.3. The summed E-state index contributed by atoms with van der Waals surface area (Å²) in [7, 11) is 0. The van der Waals surface area contributed by atoms with Gasteiger partial charge in [0.05, 0.1) is 0 Å². The van der Waals surface area contributed by atoms with Crippen molar-refractivity contribution in [3.8, 4) is 0 Å². The first kappa shape index (κ1) is 15.8. The second-order valence-electron chi connectivity index (χ2n) is 4.13. The van der Waals surface area contributed by atoms with E-state index in [1.165, 1.54) is 41.3 Å². The zero-order valence-electron chi connectivity index (χ0n) is 10.7. The normalized spacial score (nSPS) is 10.7. The number of carboxylic acid groups (broad SMARTS) is 1. The van der Waals surface area contributed by atoms with Crippen LogP contribution in [0, 0.1) is 0 Å². The molecule has 4 heteroatoms. The van der Waals surface area contributed by atoms with E-state index in [1.54, 1.807) is 0 Å². The van der Waals surface area contributed by atoms with Crippen molar-refractivity contribution in [3.63, 3.8) is 0 Å². The molecule has 0 aliphatic carbocycles. The number of amides is 1. The van der Waals surface area contributed by atoms with E-state index in [-0.39, 0.29) is 0 Å². The van der Waals surface area contributed by atoms with Crippen LogP contribution in [-0.2, 0) is 0 Å². The first-order valence-corrected chi connectivity index (χ1v) is 10.4. The Labute approximate surface area is 104 Å². The molecule has 0 aromatic heterocycles. The van der Waals surface area contributed by atoms with Crippen LogP contribution in [0.15, 0.2) is 0 Å². The number of unbranched alkanes of at least 4 members (excludes halogenated alkanes) is 2. The minimum atomic E-state index is -0.888. The van der Waals surface area contributed by atoms with Crippen molar-refractivity contribution in [1.29, 1.82) is 0 Å². The average molecular weight is 291 g/mol. The molecule has 0 spiro atoms. The second kappa shape index (κ2) is 11.3. The molecule has 0 atom stereocenters. The molecule has 0 heterocycles. The van der Waals surface area contributed by atoms with Crippen LogP contribution in [0.4, 0.5) is 4.79 Å². The third-order valence-corrected chi connectivity index (χ3v) is 8.55. The van der Waals surface area contributed by atoms with E-state index in [9.17, 15) is 4.79 Å². The predicted molar refractivity (Wildman–Crippen MR) is 70.6 cm³/mol. The Morgan fingerprint density at radius 2 is 1.56 bits per heavy atom. The summed E-state index contributed by atoms with van der Waals surface area (Å²) in [6.45, 7) is 5.13. The summed E-state index contributed by atoms with van der Waals surface area (Å²) >= 11 is -0.633. The molecule has 0 aliphatic rings. The van der Waals surface area contributed by atoms with Crippen molar-refractivity contribution < 1.29 is 9.90 Å². The van der Waals surface area contributed by atoms with E-state index >= 15 is 0 Å². The number of hydrogen-bond donors (Lipinski definition) is 2. The van der Waals surface area contributed by atoms with E-state index in [0.717, 1.165) is 6.42 Å². The fraction of sp³-hybridized carbons (Fsp3) is 0.917. The minimum absolute atomic E-state index is 0.633.